The number of benzene rings is 2. The lowest BCUT2D eigenvalue weighted by molar-refractivity contribution is -0.134. The Labute approximate surface area is 215 Å². The quantitative estimate of drug-likeness (QED) is 0.544. The van der Waals surface area contributed by atoms with Crippen molar-refractivity contribution in [1.29, 1.82) is 0 Å². The Hall–Kier alpha value is -4.05. The van der Waals surface area contributed by atoms with Gasteiger partial charge < -0.3 is 28.7 Å². The van der Waals surface area contributed by atoms with E-state index in [4.69, 9.17) is 18.9 Å². The number of amides is 2. The van der Waals surface area contributed by atoms with E-state index in [0.29, 0.717) is 43.2 Å². The number of rotatable bonds is 3. The second-order valence-electron chi connectivity index (χ2n) is 8.89. The van der Waals surface area contributed by atoms with Crippen LogP contribution in [0.1, 0.15) is 33.1 Å². The van der Waals surface area contributed by atoms with Crippen molar-refractivity contribution in [3.05, 3.63) is 71.0 Å². The number of methoxy groups -OCH3 is 2. The van der Waals surface area contributed by atoms with E-state index in [0.717, 1.165) is 22.4 Å². The number of fused-ring (bicyclic) bond motifs is 11. The predicted molar refractivity (Wildman–Crippen MR) is 134 cm³/mol. The summed E-state index contributed by atoms with van der Waals surface area (Å²) >= 11 is 0. The van der Waals surface area contributed by atoms with Crippen molar-refractivity contribution in [2.75, 3.05) is 53.7 Å². The molecule has 2 aromatic carbocycles. The van der Waals surface area contributed by atoms with E-state index >= 15 is 0 Å². The molecule has 2 bridgehead atoms. The maximum Gasteiger partial charge on any atom is 0.257 e. The molecule has 0 spiro atoms. The third kappa shape index (κ3) is 5.10. The van der Waals surface area contributed by atoms with Crippen LogP contribution in [-0.4, -0.2) is 85.5 Å². The van der Waals surface area contributed by atoms with Gasteiger partial charge in [0.25, 0.3) is 5.91 Å². The number of aromatic nitrogens is 2. The van der Waals surface area contributed by atoms with Crippen molar-refractivity contribution in [2.45, 2.75) is 12.5 Å². The summed E-state index contributed by atoms with van der Waals surface area (Å²) in [5.74, 6) is 1.53. The number of hydrogen-bond acceptors (Lipinski definition) is 7. The second-order valence-corrected chi connectivity index (χ2v) is 8.89. The molecule has 37 heavy (non-hydrogen) atoms. The molecule has 3 aliphatic heterocycles. The van der Waals surface area contributed by atoms with E-state index in [-0.39, 0.29) is 37.6 Å². The van der Waals surface area contributed by atoms with Crippen LogP contribution in [0.5, 0.6) is 17.2 Å². The molecule has 3 aromatic rings. The molecule has 4 heterocycles. The average molecular weight is 507 g/mol. The Morgan fingerprint density at radius 3 is 2.57 bits per heavy atom. The average Bonchev–Trinajstić information content (AvgIpc) is 3.47. The Morgan fingerprint density at radius 1 is 1.05 bits per heavy atom. The summed E-state index contributed by atoms with van der Waals surface area (Å²) in [6, 6.07) is 11.3. The molecule has 2 amide bonds. The van der Waals surface area contributed by atoms with Crippen LogP contribution in [0.15, 0.2) is 48.8 Å². The number of hydrogen-bond donors (Lipinski definition) is 1. The molecule has 1 N–H and O–H groups in total. The summed E-state index contributed by atoms with van der Waals surface area (Å²) in [5, 5.41) is 6.54. The van der Waals surface area contributed by atoms with Crippen LogP contribution in [-0.2, 0) is 16.0 Å². The number of carbonyl (C=O) groups excluding carboxylic acids is 2. The second kappa shape index (κ2) is 10.9. The third-order valence-electron chi connectivity index (χ3n) is 6.75. The molecule has 1 aromatic heterocycles. The molecule has 10 nitrogen and oxygen atoms in total. The summed E-state index contributed by atoms with van der Waals surface area (Å²) in [4.78, 5) is 30.4. The van der Waals surface area contributed by atoms with E-state index in [1.54, 1.807) is 14.2 Å². The highest BCUT2D eigenvalue weighted by atomic mass is 16.5. The van der Waals surface area contributed by atoms with E-state index in [1.807, 2.05) is 41.3 Å². The first-order valence-electron chi connectivity index (χ1n) is 12.2. The number of aromatic amines is 1. The maximum absolute atomic E-state index is 13.9. The Bertz CT molecular complexity index is 1240. The fourth-order valence-electron chi connectivity index (χ4n) is 4.87. The van der Waals surface area contributed by atoms with Gasteiger partial charge in [-0.15, -0.1) is 0 Å². The maximum atomic E-state index is 13.9. The number of carbonyl (C=O) groups is 2. The molecule has 1 unspecified atom stereocenters. The zero-order valence-electron chi connectivity index (χ0n) is 20.9. The molecular formula is C27H30N4O6. The molecule has 0 saturated heterocycles. The van der Waals surface area contributed by atoms with Crippen molar-refractivity contribution in [1.82, 2.24) is 20.0 Å². The van der Waals surface area contributed by atoms with E-state index in [9.17, 15) is 9.59 Å². The van der Waals surface area contributed by atoms with Crippen molar-refractivity contribution >= 4 is 11.8 Å². The van der Waals surface area contributed by atoms with Crippen molar-refractivity contribution in [3.63, 3.8) is 0 Å². The smallest absolute Gasteiger partial charge is 0.257 e. The number of nitrogens with one attached hydrogen (secondary N) is 1. The Morgan fingerprint density at radius 2 is 1.84 bits per heavy atom. The third-order valence-corrected chi connectivity index (χ3v) is 6.75. The number of H-pyrrole nitrogens is 1. The van der Waals surface area contributed by atoms with Gasteiger partial charge in [0.05, 0.1) is 45.2 Å². The van der Waals surface area contributed by atoms with Gasteiger partial charge in [-0.3, -0.25) is 14.7 Å². The van der Waals surface area contributed by atoms with Crippen LogP contribution in [0.3, 0.4) is 0 Å². The molecule has 10 heteroatoms. The largest absolute Gasteiger partial charge is 0.493 e. The fraction of sp³-hybridized carbons (Fsp3) is 0.370. The summed E-state index contributed by atoms with van der Waals surface area (Å²) in [6.45, 7) is 1.70. The van der Waals surface area contributed by atoms with Gasteiger partial charge in [-0.05, 0) is 47.4 Å². The van der Waals surface area contributed by atoms with Crippen molar-refractivity contribution in [3.8, 4) is 17.2 Å². The van der Waals surface area contributed by atoms with Gasteiger partial charge in [0.2, 0.25) is 5.91 Å². The zero-order chi connectivity index (χ0) is 25.8. The normalized spacial score (nSPS) is 18.2. The van der Waals surface area contributed by atoms with Gasteiger partial charge >= 0.3 is 0 Å². The molecule has 1 atom stereocenters. The zero-order valence-corrected chi connectivity index (χ0v) is 20.9. The standard InChI is InChI=1S/C27H30N4O6/c1-34-23-13-19-7-8-31-25(32)17-30(27(33)20-15-28-29-16-20)9-10-36-11-12-37-21-5-3-18(4-6-21)26(31)22(19)14-24(23)35-2/h3-6,13-16,26H,7-12,17H2,1-2H3,(H,28,29). The van der Waals surface area contributed by atoms with Gasteiger partial charge in [-0.1, -0.05) is 12.1 Å². The fourth-order valence-corrected chi connectivity index (χ4v) is 4.87. The molecule has 0 fully saturated rings. The van der Waals surface area contributed by atoms with E-state index in [2.05, 4.69) is 10.2 Å². The molecule has 0 aliphatic carbocycles. The molecule has 6 rings (SSSR count). The number of ether oxygens (including phenoxy) is 4. The lowest BCUT2D eigenvalue weighted by Gasteiger charge is -2.39. The molecule has 0 radical (unpaired) electrons. The van der Waals surface area contributed by atoms with Gasteiger partial charge in [-0.25, -0.2) is 0 Å². The van der Waals surface area contributed by atoms with Gasteiger partial charge in [0, 0.05) is 19.3 Å². The van der Waals surface area contributed by atoms with Crippen LogP contribution >= 0.6 is 0 Å². The molecule has 3 aliphatic rings. The number of nitrogens with zero attached hydrogens (tertiary/aromatic N) is 3. The Kier molecular flexibility index (Phi) is 7.27. The van der Waals surface area contributed by atoms with Crippen molar-refractivity contribution in [2.24, 2.45) is 0 Å². The summed E-state index contributed by atoms with van der Waals surface area (Å²) in [7, 11) is 3.21. The summed E-state index contributed by atoms with van der Waals surface area (Å²) < 4.78 is 22.6. The van der Waals surface area contributed by atoms with Crippen LogP contribution in [0.2, 0.25) is 0 Å². The lowest BCUT2D eigenvalue weighted by Crippen LogP contribution is -2.47. The van der Waals surface area contributed by atoms with Crippen molar-refractivity contribution < 1.29 is 28.5 Å². The highest BCUT2D eigenvalue weighted by Gasteiger charge is 2.35. The molecular weight excluding hydrogens is 476 g/mol. The lowest BCUT2D eigenvalue weighted by atomic mass is 9.87. The SMILES string of the molecule is COc1cc2c(cc1OC)C1c3ccc(cc3)OCCOCCN(C(=O)c3cn[nH]c3)CC(=O)N1CC2. The van der Waals surface area contributed by atoms with Gasteiger partial charge in [-0.2, -0.15) is 5.10 Å². The van der Waals surface area contributed by atoms with Crippen LogP contribution in [0.4, 0.5) is 0 Å². The minimum atomic E-state index is -0.364. The van der Waals surface area contributed by atoms with Crippen LogP contribution in [0.25, 0.3) is 0 Å². The topological polar surface area (TPSA) is 106 Å². The first-order valence-corrected chi connectivity index (χ1v) is 12.2. The first-order chi connectivity index (χ1) is 18.1. The molecule has 0 saturated carbocycles. The predicted octanol–water partition coefficient (Wildman–Crippen LogP) is 2.45. The van der Waals surface area contributed by atoms with Gasteiger partial charge in [0.1, 0.15) is 18.9 Å². The van der Waals surface area contributed by atoms with Crippen LogP contribution < -0.4 is 14.2 Å². The first kappa shape index (κ1) is 24.6. The minimum Gasteiger partial charge on any atom is -0.493 e. The van der Waals surface area contributed by atoms with Gasteiger partial charge in [0.15, 0.2) is 11.5 Å². The minimum absolute atomic E-state index is 0.0823. The molecule has 194 valence electrons. The van der Waals surface area contributed by atoms with E-state index < -0.39 is 0 Å². The monoisotopic (exact) mass is 506 g/mol. The summed E-state index contributed by atoms with van der Waals surface area (Å²) in [6.07, 6.45) is 3.63. The Balaban J connectivity index is 1.54. The highest BCUT2D eigenvalue weighted by Crippen LogP contribution is 2.41. The highest BCUT2D eigenvalue weighted by molar-refractivity contribution is 5.96. The van der Waals surface area contributed by atoms with E-state index in [1.165, 1.54) is 17.3 Å². The summed E-state index contributed by atoms with van der Waals surface area (Å²) in [5.41, 5.74) is 3.38. The van der Waals surface area contributed by atoms with Crippen LogP contribution in [0, 0.1) is 0 Å².